The van der Waals surface area contributed by atoms with E-state index >= 15 is 0 Å². The summed E-state index contributed by atoms with van der Waals surface area (Å²) in [5.74, 6) is -1.02. The minimum atomic E-state index is -0.711. The second kappa shape index (κ2) is 4.21. The zero-order valence-corrected chi connectivity index (χ0v) is 12.5. The van der Waals surface area contributed by atoms with Crippen LogP contribution in [0.15, 0.2) is 0 Å². The van der Waals surface area contributed by atoms with Gasteiger partial charge < -0.3 is 28.4 Å². The van der Waals surface area contributed by atoms with Crippen LogP contribution in [0.5, 0.6) is 0 Å². The van der Waals surface area contributed by atoms with Crippen molar-refractivity contribution in [3.63, 3.8) is 0 Å². The molecule has 5 fully saturated rings. The van der Waals surface area contributed by atoms with Crippen molar-refractivity contribution < 1.29 is 33.2 Å². The second-order valence-corrected chi connectivity index (χ2v) is 6.87. The lowest BCUT2D eigenvalue weighted by Crippen LogP contribution is -2.66. The third-order valence-corrected chi connectivity index (χ3v) is 5.99. The fraction of sp³-hybridized carbons (Fsp3) is 0.933. The monoisotopic (exact) mass is 312 g/mol. The molecule has 4 aliphatic heterocycles. The van der Waals surface area contributed by atoms with Crippen LogP contribution in [0.25, 0.3) is 0 Å². The molecule has 5 rings (SSSR count). The first-order valence-electron chi connectivity index (χ1n) is 8.01. The van der Waals surface area contributed by atoms with Gasteiger partial charge in [-0.15, -0.1) is 0 Å². The molecule has 122 valence electrons. The van der Waals surface area contributed by atoms with E-state index in [2.05, 4.69) is 0 Å². The smallest absolute Gasteiger partial charge is 0.305 e. The van der Waals surface area contributed by atoms with Crippen LogP contribution in [-0.2, 0) is 33.2 Å². The van der Waals surface area contributed by atoms with Gasteiger partial charge >= 0.3 is 5.97 Å². The van der Waals surface area contributed by atoms with E-state index in [0.717, 1.165) is 19.3 Å². The fourth-order valence-corrected chi connectivity index (χ4v) is 5.31. The maximum absolute atomic E-state index is 11.4. The summed E-state index contributed by atoms with van der Waals surface area (Å²) in [6.45, 7) is 3.07. The van der Waals surface area contributed by atoms with Gasteiger partial charge in [-0.25, -0.2) is 0 Å². The molecule has 7 nitrogen and oxygen atoms in total. The summed E-state index contributed by atoms with van der Waals surface area (Å²) in [4.78, 5) is 11.4. The Balaban J connectivity index is 1.59. The molecular formula is C15H20O7. The molecule has 0 aromatic heterocycles. The molecule has 0 aromatic rings. The van der Waals surface area contributed by atoms with E-state index in [-0.39, 0.29) is 11.4 Å². The maximum Gasteiger partial charge on any atom is 0.305 e. The zero-order valence-electron chi connectivity index (χ0n) is 12.5. The number of carbonyl (C=O) groups excluding carboxylic acids is 1. The van der Waals surface area contributed by atoms with Crippen molar-refractivity contribution in [3.05, 3.63) is 0 Å². The highest BCUT2D eigenvalue weighted by molar-refractivity contribution is 5.66. The summed E-state index contributed by atoms with van der Waals surface area (Å²) in [5.41, 5.74) is -0.919. The summed E-state index contributed by atoms with van der Waals surface area (Å²) in [5, 5.41) is 0. The van der Waals surface area contributed by atoms with E-state index in [0.29, 0.717) is 26.2 Å². The van der Waals surface area contributed by atoms with Gasteiger partial charge in [0.15, 0.2) is 12.1 Å². The summed E-state index contributed by atoms with van der Waals surface area (Å²) >= 11 is 0. The van der Waals surface area contributed by atoms with E-state index in [1.54, 1.807) is 0 Å². The average Bonchev–Trinajstić information content (AvgIpc) is 3.08. The lowest BCUT2D eigenvalue weighted by atomic mass is 9.59. The van der Waals surface area contributed by atoms with Crippen LogP contribution in [0.1, 0.15) is 32.6 Å². The molecule has 1 aliphatic carbocycles. The van der Waals surface area contributed by atoms with Crippen LogP contribution in [0.2, 0.25) is 0 Å². The predicted octanol–water partition coefficient (Wildman–Crippen LogP) is 0.703. The molecule has 0 unspecified atom stereocenters. The van der Waals surface area contributed by atoms with E-state index in [1.165, 1.54) is 6.92 Å². The Morgan fingerprint density at radius 2 is 2.05 bits per heavy atom. The number of fused-ring (bicyclic) bond motifs is 1. The molecule has 2 spiro atoms. The van der Waals surface area contributed by atoms with Crippen LogP contribution in [-0.4, -0.2) is 55.9 Å². The predicted molar refractivity (Wildman–Crippen MR) is 69.5 cm³/mol. The van der Waals surface area contributed by atoms with Crippen molar-refractivity contribution in [1.29, 1.82) is 0 Å². The van der Waals surface area contributed by atoms with Gasteiger partial charge in [0.05, 0.1) is 25.2 Å². The fourth-order valence-electron chi connectivity index (χ4n) is 5.31. The Kier molecular flexibility index (Phi) is 2.62. The van der Waals surface area contributed by atoms with E-state index in [1.807, 2.05) is 0 Å². The molecule has 5 aliphatic rings. The van der Waals surface area contributed by atoms with Crippen molar-refractivity contribution in [1.82, 2.24) is 0 Å². The topological polar surface area (TPSA) is 72.5 Å². The van der Waals surface area contributed by atoms with Crippen LogP contribution < -0.4 is 0 Å². The first-order chi connectivity index (χ1) is 10.6. The molecule has 0 N–H and O–H groups in total. The molecule has 1 saturated carbocycles. The third kappa shape index (κ3) is 1.38. The Bertz CT molecular complexity index is 516. The van der Waals surface area contributed by atoms with Crippen LogP contribution >= 0.6 is 0 Å². The van der Waals surface area contributed by atoms with Gasteiger partial charge in [0.2, 0.25) is 6.29 Å². The summed E-state index contributed by atoms with van der Waals surface area (Å²) in [6.07, 6.45) is 1.76. The molecular weight excluding hydrogens is 292 g/mol. The van der Waals surface area contributed by atoms with E-state index in [4.69, 9.17) is 28.4 Å². The molecule has 2 bridgehead atoms. The standard InChI is InChI=1S/C15H20O7/c1-9(16)20-12-11-14-3-2-4-15(18-5-6-19-15)13(14,8-17-11)7-10(21-12)22-14/h10-12H,2-8H2,1H3/t10-,11+,12-,13-,14-/m1/s1. The summed E-state index contributed by atoms with van der Waals surface area (Å²) in [6, 6.07) is 0. The lowest BCUT2D eigenvalue weighted by molar-refractivity contribution is -0.348. The van der Waals surface area contributed by atoms with Crippen molar-refractivity contribution in [3.8, 4) is 0 Å². The van der Waals surface area contributed by atoms with E-state index in [9.17, 15) is 4.79 Å². The van der Waals surface area contributed by atoms with Crippen molar-refractivity contribution in [2.75, 3.05) is 19.8 Å². The number of ether oxygens (including phenoxy) is 6. The quantitative estimate of drug-likeness (QED) is 0.660. The first-order valence-corrected chi connectivity index (χ1v) is 8.01. The Morgan fingerprint density at radius 1 is 1.23 bits per heavy atom. The number of carbonyl (C=O) groups is 1. The van der Waals surface area contributed by atoms with Gasteiger partial charge in [-0.3, -0.25) is 4.79 Å². The molecule has 22 heavy (non-hydrogen) atoms. The molecule has 5 atom stereocenters. The molecule has 0 radical (unpaired) electrons. The minimum absolute atomic E-state index is 0.373. The number of hydrogen-bond acceptors (Lipinski definition) is 7. The van der Waals surface area contributed by atoms with Gasteiger partial charge in [-0.1, -0.05) is 0 Å². The van der Waals surface area contributed by atoms with Gasteiger partial charge in [0.1, 0.15) is 11.7 Å². The number of esters is 1. The van der Waals surface area contributed by atoms with Gasteiger partial charge in [-0.2, -0.15) is 0 Å². The lowest BCUT2D eigenvalue weighted by Gasteiger charge is -2.53. The Morgan fingerprint density at radius 3 is 2.82 bits per heavy atom. The van der Waals surface area contributed by atoms with Gasteiger partial charge in [-0.05, 0) is 12.8 Å². The SMILES string of the molecule is CC(=O)O[C@@H]1O[C@H]2C[C@@]34CO[C@@H]1[C@@]3(CCCC41OCCO1)O2. The van der Waals surface area contributed by atoms with E-state index < -0.39 is 30.1 Å². The maximum atomic E-state index is 11.4. The highest BCUT2D eigenvalue weighted by Crippen LogP contribution is 2.69. The molecule has 0 amide bonds. The summed E-state index contributed by atoms with van der Waals surface area (Å²) < 4.78 is 35.6. The highest BCUT2D eigenvalue weighted by Gasteiger charge is 2.81. The largest absolute Gasteiger partial charge is 0.433 e. The van der Waals surface area contributed by atoms with Gasteiger partial charge in [0, 0.05) is 19.8 Å². The van der Waals surface area contributed by atoms with Crippen molar-refractivity contribution in [2.45, 2.75) is 62.7 Å². The Labute approximate surface area is 128 Å². The number of rotatable bonds is 1. The molecule has 4 heterocycles. The zero-order chi connectivity index (χ0) is 15.0. The number of hydrogen-bond donors (Lipinski definition) is 0. The van der Waals surface area contributed by atoms with Crippen LogP contribution in [0.3, 0.4) is 0 Å². The second-order valence-electron chi connectivity index (χ2n) is 6.87. The molecule has 0 aromatic carbocycles. The molecule has 7 heteroatoms. The normalized spacial score (nSPS) is 51.0. The van der Waals surface area contributed by atoms with Gasteiger partial charge in [0.25, 0.3) is 0 Å². The van der Waals surface area contributed by atoms with Crippen molar-refractivity contribution in [2.24, 2.45) is 5.41 Å². The first kappa shape index (κ1) is 13.7. The van der Waals surface area contributed by atoms with Crippen LogP contribution in [0, 0.1) is 5.41 Å². The van der Waals surface area contributed by atoms with Crippen LogP contribution in [0.4, 0.5) is 0 Å². The average molecular weight is 312 g/mol. The Hall–Kier alpha value is -0.730. The minimum Gasteiger partial charge on any atom is -0.433 e. The van der Waals surface area contributed by atoms with Crippen molar-refractivity contribution >= 4 is 5.97 Å². The summed E-state index contributed by atoms with van der Waals surface area (Å²) in [7, 11) is 0. The third-order valence-electron chi connectivity index (χ3n) is 5.99. The highest BCUT2D eigenvalue weighted by atomic mass is 16.8. The molecule has 4 saturated heterocycles.